The first-order valence-corrected chi connectivity index (χ1v) is 7.22. The van der Waals surface area contributed by atoms with Crippen molar-refractivity contribution >= 4 is 27.5 Å². The summed E-state index contributed by atoms with van der Waals surface area (Å²) in [5.41, 5.74) is 1.23. The molecule has 2 atom stereocenters. The van der Waals surface area contributed by atoms with Gasteiger partial charge in [0.2, 0.25) is 0 Å². The van der Waals surface area contributed by atoms with E-state index in [0.717, 1.165) is 29.2 Å². The minimum atomic E-state index is 0.168. The Kier molecular flexibility index (Phi) is 5.04. The summed E-state index contributed by atoms with van der Waals surface area (Å²) in [7, 11) is 4.09. The Labute approximate surface area is 122 Å². The number of ether oxygens (including phenoxy) is 1. The van der Waals surface area contributed by atoms with Gasteiger partial charge in [-0.2, -0.15) is 0 Å². The van der Waals surface area contributed by atoms with Crippen molar-refractivity contribution in [1.29, 1.82) is 0 Å². The van der Waals surface area contributed by atoms with Gasteiger partial charge in [-0.15, -0.1) is 0 Å². The molecule has 1 fully saturated rings. The molecule has 0 aromatic heterocycles. The topological polar surface area (TPSA) is 24.5 Å². The Hall–Kier alpha value is -0.130. The van der Waals surface area contributed by atoms with Crippen LogP contribution in [0, 0.1) is 0 Å². The molecule has 2 rings (SSSR count). The maximum atomic E-state index is 6.05. The zero-order valence-corrected chi connectivity index (χ0v) is 13.0. The fraction of sp³-hybridized carbons (Fsp3) is 0.538. The van der Waals surface area contributed by atoms with E-state index in [1.807, 2.05) is 13.1 Å². The Bertz CT molecular complexity index is 414. The van der Waals surface area contributed by atoms with Gasteiger partial charge >= 0.3 is 0 Å². The third kappa shape index (κ3) is 3.06. The van der Waals surface area contributed by atoms with Crippen LogP contribution in [0.1, 0.15) is 11.6 Å². The predicted molar refractivity (Wildman–Crippen MR) is 78.2 cm³/mol. The number of morpholine rings is 1. The molecule has 1 saturated heterocycles. The summed E-state index contributed by atoms with van der Waals surface area (Å²) in [5, 5.41) is 3.93. The zero-order chi connectivity index (χ0) is 13.1. The number of nitrogens with one attached hydrogen (secondary N) is 1. The summed E-state index contributed by atoms with van der Waals surface area (Å²) in [5.74, 6) is 0. The van der Waals surface area contributed by atoms with Crippen LogP contribution in [-0.2, 0) is 4.74 Å². The lowest BCUT2D eigenvalue weighted by Crippen LogP contribution is -2.46. The molecular weight excluding hydrogens is 316 g/mol. The van der Waals surface area contributed by atoms with Crippen LogP contribution >= 0.6 is 27.5 Å². The van der Waals surface area contributed by atoms with E-state index in [9.17, 15) is 0 Å². The van der Waals surface area contributed by atoms with Crippen molar-refractivity contribution in [2.75, 3.05) is 33.8 Å². The van der Waals surface area contributed by atoms with Crippen molar-refractivity contribution in [3.8, 4) is 0 Å². The van der Waals surface area contributed by atoms with Gasteiger partial charge in [-0.3, -0.25) is 4.90 Å². The molecule has 1 aliphatic heterocycles. The van der Waals surface area contributed by atoms with Crippen LogP contribution in [0.25, 0.3) is 0 Å². The Morgan fingerprint density at radius 3 is 3.00 bits per heavy atom. The van der Waals surface area contributed by atoms with Crippen molar-refractivity contribution in [3.05, 3.63) is 33.3 Å². The van der Waals surface area contributed by atoms with Crippen LogP contribution in [0.2, 0.25) is 5.02 Å². The van der Waals surface area contributed by atoms with Crippen LogP contribution in [0.4, 0.5) is 0 Å². The van der Waals surface area contributed by atoms with E-state index in [-0.39, 0.29) is 12.1 Å². The van der Waals surface area contributed by atoms with Crippen LogP contribution < -0.4 is 5.32 Å². The summed E-state index contributed by atoms with van der Waals surface area (Å²) in [6.07, 6.45) is 0.168. The van der Waals surface area contributed by atoms with Crippen molar-refractivity contribution in [3.63, 3.8) is 0 Å². The molecule has 0 radical (unpaired) electrons. The Morgan fingerprint density at radius 1 is 1.56 bits per heavy atom. The summed E-state index contributed by atoms with van der Waals surface area (Å²) >= 11 is 9.53. The molecule has 0 spiro atoms. The number of likely N-dealkylation sites (N-methyl/N-ethyl adjacent to an activating group) is 2. The number of halogens is 2. The lowest BCUT2D eigenvalue weighted by molar-refractivity contribution is -0.0606. The largest absolute Gasteiger partial charge is 0.374 e. The van der Waals surface area contributed by atoms with Gasteiger partial charge in [0.15, 0.2) is 0 Å². The zero-order valence-electron chi connectivity index (χ0n) is 10.6. The monoisotopic (exact) mass is 332 g/mol. The minimum Gasteiger partial charge on any atom is -0.374 e. The van der Waals surface area contributed by atoms with Gasteiger partial charge in [0.05, 0.1) is 23.8 Å². The fourth-order valence-electron chi connectivity index (χ4n) is 2.40. The second-order valence-corrected chi connectivity index (χ2v) is 5.83. The molecule has 100 valence electrons. The number of rotatable bonds is 3. The van der Waals surface area contributed by atoms with E-state index >= 15 is 0 Å². The van der Waals surface area contributed by atoms with Gasteiger partial charge in [0.25, 0.3) is 0 Å². The number of hydrogen-bond acceptors (Lipinski definition) is 3. The smallest absolute Gasteiger partial charge is 0.0896 e. The van der Waals surface area contributed by atoms with E-state index in [2.05, 4.69) is 45.3 Å². The van der Waals surface area contributed by atoms with E-state index < -0.39 is 0 Å². The molecule has 5 heteroatoms. The maximum Gasteiger partial charge on any atom is 0.0896 e. The fourth-order valence-corrected chi connectivity index (χ4v) is 2.91. The SMILES string of the molecule is CNCC1OCCN(C)C1c1ccc(Cl)c(Br)c1. The highest BCUT2D eigenvalue weighted by Crippen LogP contribution is 2.32. The normalized spacial score (nSPS) is 25.3. The van der Waals surface area contributed by atoms with Gasteiger partial charge in [-0.1, -0.05) is 17.7 Å². The minimum absolute atomic E-state index is 0.168. The van der Waals surface area contributed by atoms with Crippen LogP contribution in [0.15, 0.2) is 22.7 Å². The summed E-state index contributed by atoms with van der Waals surface area (Å²) < 4.78 is 6.81. The molecule has 3 nitrogen and oxygen atoms in total. The van der Waals surface area contributed by atoms with E-state index in [1.165, 1.54) is 5.56 Å². The van der Waals surface area contributed by atoms with Crippen molar-refractivity contribution < 1.29 is 4.74 Å². The molecule has 1 heterocycles. The molecular formula is C13H18BrClN2O. The Balaban J connectivity index is 2.28. The highest BCUT2D eigenvalue weighted by Gasteiger charge is 2.31. The van der Waals surface area contributed by atoms with E-state index in [0.29, 0.717) is 0 Å². The summed E-state index contributed by atoms with van der Waals surface area (Å²) in [6, 6.07) is 6.35. The van der Waals surface area contributed by atoms with Gasteiger partial charge < -0.3 is 10.1 Å². The van der Waals surface area contributed by atoms with Crippen LogP contribution in [0.5, 0.6) is 0 Å². The first-order chi connectivity index (χ1) is 8.63. The van der Waals surface area contributed by atoms with Gasteiger partial charge in [-0.25, -0.2) is 0 Å². The lowest BCUT2D eigenvalue weighted by atomic mass is 9.98. The summed E-state index contributed by atoms with van der Waals surface area (Å²) in [6.45, 7) is 2.58. The molecule has 0 bridgehead atoms. The van der Waals surface area contributed by atoms with Gasteiger partial charge in [-0.05, 0) is 47.7 Å². The first kappa shape index (κ1) is 14.3. The second kappa shape index (κ2) is 6.35. The number of hydrogen-bond donors (Lipinski definition) is 1. The lowest BCUT2D eigenvalue weighted by Gasteiger charge is -2.39. The maximum absolute atomic E-state index is 6.05. The van der Waals surface area contributed by atoms with Crippen molar-refractivity contribution in [2.24, 2.45) is 0 Å². The third-order valence-corrected chi connectivity index (χ3v) is 4.51. The van der Waals surface area contributed by atoms with Gasteiger partial charge in [0, 0.05) is 17.6 Å². The predicted octanol–water partition coefficient (Wildman–Crippen LogP) is 2.69. The molecule has 1 aromatic rings. The Morgan fingerprint density at radius 2 is 2.33 bits per heavy atom. The third-order valence-electron chi connectivity index (χ3n) is 3.29. The average Bonchev–Trinajstić information content (AvgIpc) is 2.34. The molecule has 0 aliphatic carbocycles. The van der Waals surface area contributed by atoms with Crippen LogP contribution in [-0.4, -0.2) is 44.8 Å². The average molecular weight is 334 g/mol. The molecule has 2 unspecified atom stereocenters. The van der Waals surface area contributed by atoms with Crippen molar-refractivity contribution in [2.45, 2.75) is 12.1 Å². The molecule has 0 amide bonds. The highest BCUT2D eigenvalue weighted by molar-refractivity contribution is 9.10. The van der Waals surface area contributed by atoms with Crippen molar-refractivity contribution in [1.82, 2.24) is 10.2 Å². The highest BCUT2D eigenvalue weighted by atomic mass is 79.9. The van der Waals surface area contributed by atoms with E-state index in [1.54, 1.807) is 0 Å². The standard InChI is InChI=1S/C13H18BrClN2O/c1-16-8-12-13(17(2)5-6-18-12)9-3-4-11(15)10(14)7-9/h3-4,7,12-13,16H,5-6,8H2,1-2H3. The molecule has 1 aromatic carbocycles. The number of nitrogens with zero attached hydrogens (tertiary/aromatic N) is 1. The summed E-state index contributed by atoms with van der Waals surface area (Å²) in [4.78, 5) is 2.33. The molecule has 1 aliphatic rings. The van der Waals surface area contributed by atoms with Crippen LogP contribution in [0.3, 0.4) is 0 Å². The number of benzene rings is 1. The second-order valence-electron chi connectivity index (χ2n) is 4.57. The quantitative estimate of drug-likeness (QED) is 0.920. The molecule has 18 heavy (non-hydrogen) atoms. The molecule has 1 N–H and O–H groups in total. The molecule has 0 saturated carbocycles. The van der Waals surface area contributed by atoms with E-state index in [4.69, 9.17) is 16.3 Å². The first-order valence-electron chi connectivity index (χ1n) is 6.05. The van der Waals surface area contributed by atoms with Gasteiger partial charge in [0.1, 0.15) is 0 Å².